The number of piperazine rings is 1. The molecule has 9 nitrogen and oxygen atoms in total. The highest BCUT2D eigenvalue weighted by Gasteiger charge is 2.44. The van der Waals surface area contributed by atoms with E-state index in [9.17, 15) is 9.59 Å². The van der Waals surface area contributed by atoms with Crippen LogP contribution in [0.2, 0.25) is 0 Å². The Balaban J connectivity index is 1.28. The van der Waals surface area contributed by atoms with Gasteiger partial charge >= 0.3 is 6.09 Å². The van der Waals surface area contributed by atoms with Crippen molar-refractivity contribution in [1.29, 1.82) is 0 Å². The first kappa shape index (κ1) is 17.0. The molecule has 1 aromatic heterocycles. The maximum atomic E-state index is 12.7. The SMILES string of the molecule is O=C1NCC2(CCCN(C(=O)CN3CCN(c4ncccn4)CC3)C2)O1. The number of anilines is 1. The zero-order valence-corrected chi connectivity index (χ0v) is 14.8. The van der Waals surface area contributed by atoms with Gasteiger partial charge in [0.05, 0.1) is 19.6 Å². The molecular formula is C17H24N6O3. The highest BCUT2D eigenvalue weighted by Crippen LogP contribution is 2.28. The Labute approximate surface area is 152 Å². The van der Waals surface area contributed by atoms with Gasteiger partial charge in [-0.3, -0.25) is 9.69 Å². The number of hydrogen-bond acceptors (Lipinski definition) is 7. The summed E-state index contributed by atoms with van der Waals surface area (Å²) in [7, 11) is 0. The van der Waals surface area contributed by atoms with Crippen LogP contribution in [-0.2, 0) is 9.53 Å². The Morgan fingerprint density at radius 1 is 1.19 bits per heavy atom. The molecule has 1 aromatic rings. The van der Waals surface area contributed by atoms with Crippen LogP contribution in [0.5, 0.6) is 0 Å². The van der Waals surface area contributed by atoms with Crippen LogP contribution in [0.1, 0.15) is 12.8 Å². The molecule has 2 amide bonds. The van der Waals surface area contributed by atoms with Gasteiger partial charge in [0.15, 0.2) is 0 Å². The second-order valence-electron chi connectivity index (χ2n) is 7.16. The zero-order valence-electron chi connectivity index (χ0n) is 14.8. The van der Waals surface area contributed by atoms with Gasteiger partial charge in [-0.25, -0.2) is 14.8 Å². The molecule has 0 bridgehead atoms. The first-order valence-corrected chi connectivity index (χ1v) is 9.13. The zero-order chi connectivity index (χ0) is 18.0. The number of nitrogens with one attached hydrogen (secondary N) is 1. The molecule has 140 valence electrons. The fraction of sp³-hybridized carbons (Fsp3) is 0.647. The summed E-state index contributed by atoms with van der Waals surface area (Å²) in [6.07, 6.45) is 4.79. The molecule has 4 rings (SSSR count). The van der Waals surface area contributed by atoms with Crippen molar-refractivity contribution in [3.8, 4) is 0 Å². The lowest BCUT2D eigenvalue weighted by atomic mass is 9.93. The quantitative estimate of drug-likeness (QED) is 0.791. The molecule has 1 unspecified atom stereocenters. The lowest BCUT2D eigenvalue weighted by Crippen LogP contribution is -2.55. The molecule has 3 fully saturated rings. The third-order valence-corrected chi connectivity index (χ3v) is 5.32. The van der Waals surface area contributed by atoms with Crippen LogP contribution in [0.25, 0.3) is 0 Å². The van der Waals surface area contributed by atoms with Crippen LogP contribution < -0.4 is 10.2 Å². The summed E-state index contributed by atoms with van der Waals surface area (Å²) in [5, 5.41) is 2.71. The average Bonchev–Trinajstić information content (AvgIpc) is 3.03. The number of likely N-dealkylation sites (tertiary alicyclic amines) is 1. The van der Waals surface area contributed by atoms with Crippen LogP contribution in [0.15, 0.2) is 18.5 Å². The number of carbonyl (C=O) groups is 2. The van der Waals surface area contributed by atoms with E-state index < -0.39 is 5.60 Å². The van der Waals surface area contributed by atoms with Crippen LogP contribution >= 0.6 is 0 Å². The predicted molar refractivity (Wildman–Crippen MR) is 93.7 cm³/mol. The van der Waals surface area contributed by atoms with E-state index in [4.69, 9.17) is 4.74 Å². The largest absolute Gasteiger partial charge is 0.439 e. The van der Waals surface area contributed by atoms with Crippen LogP contribution in [0.3, 0.4) is 0 Å². The second kappa shape index (κ2) is 7.06. The Bertz CT molecular complexity index is 664. The van der Waals surface area contributed by atoms with Crippen molar-refractivity contribution < 1.29 is 14.3 Å². The van der Waals surface area contributed by atoms with Crippen LogP contribution in [0.4, 0.5) is 10.7 Å². The van der Waals surface area contributed by atoms with Crippen LogP contribution in [0, 0.1) is 0 Å². The van der Waals surface area contributed by atoms with Gasteiger partial charge in [0.1, 0.15) is 5.60 Å². The van der Waals surface area contributed by atoms with Crippen LogP contribution in [-0.4, -0.2) is 89.7 Å². The number of hydrogen-bond donors (Lipinski definition) is 1. The van der Waals surface area contributed by atoms with E-state index in [1.54, 1.807) is 18.5 Å². The minimum Gasteiger partial charge on any atom is -0.439 e. The molecule has 4 heterocycles. The van der Waals surface area contributed by atoms with E-state index in [2.05, 4.69) is 25.1 Å². The van der Waals surface area contributed by atoms with Crippen molar-refractivity contribution in [3.05, 3.63) is 18.5 Å². The van der Waals surface area contributed by atoms with Crippen molar-refractivity contribution in [3.63, 3.8) is 0 Å². The number of nitrogens with zero attached hydrogens (tertiary/aromatic N) is 5. The molecule has 1 N–H and O–H groups in total. The van der Waals surface area contributed by atoms with Gasteiger partial charge in [-0.05, 0) is 18.9 Å². The molecule has 1 atom stereocenters. The van der Waals surface area contributed by atoms with E-state index in [0.29, 0.717) is 19.6 Å². The number of alkyl carbamates (subject to hydrolysis) is 1. The molecule has 3 aliphatic heterocycles. The summed E-state index contributed by atoms with van der Waals surface area (Å²) < 4.78 is 5.45. The first-order chi connectivity index (χ1) is 12.6. The molecule has 9 heteroatoms. The molecule has 0 radical (unpaired) electrons. The van der Waals surface area contributed by atoms with Crippen molar-refractivity contribution >= 4 is 17.9 Å². The lowest BCUT2D eigenvalue weighted by molar-refractivity contribution is -0.138. The Morgan fingerprint density at radius 3 is 2.65 bits per heavy atom. The van der Waals surface area contributed by atoms with E-state index in [0.717, 1.165) is 51.5 Å². The van der Waals surface area contributed by atoms with Gasteiger partial charge in [0.2, 0.25) is 11.9 Å². The summed E-state index contributed by atoms with van der Waals surface area (Å²) in [6, 6.07) is 1.81. The number of carbonyl (C=O) groups excluding carboxylic acids is 2. The second-order valence-corrected chi connectivity index (χ2v) is 7.16. The maximum absolute atomic E-state index is 12.7. The summed E-state index contributed by atoms with van der Waals surface area (Å²) >= 11 is 0. The standard InChI is InChI=1S/C17H24N6O3/c24-14(23-6-1-3-17(13-23)12-20-16(25)26-17)11-21-7-9-22(10-8-21)15-18-4-2-5-19-15/h2,4-5H,1,3,6-13H2,(H,20,25). The topological polar surface area (TPSA) is 90.9 Å². The van der Waals surface area contributed by atoms with Gasteiger partial charge in [-0.1, -0.05) is 0 Å². The number of ether oxygens (including phenoxy) is 1. The van der Waals surface area contributed by atoms with Gasteiger partial charge in [0, 0.05) is 45.1 Å². The smallest absolute Gasteiger partial charge is 0.407 e. The molecule has 0 aliphatic carbocycles. The van der Waals surface area contributed by atoms with E-state index in [1.165, 1.54) is 0 Å². The molecular weight excluding hydrogens is 336 g/mol. The lowest BCUT2D eigenvalue weighted by Gasteiger charge is -2.40. The van der Waals surface area contributed by atoms with E-state index in [-0.39, 0.29) is 12.0 Å². The highest BCUT2D eigenvalue weighted by molar-refractivity contribution is 5.79. The van der Waals surface area contributed by atoms with Gasteiger partial charge in [-0.2, -0.15) is 0 Å². The Hall–Kier alpha value is -2.42. The third kappa shape index (κ3) is 3.57. The van der Waals surface area contributed by atoms with E-state index >= 15 is 0 Å². The van der Waals surface area contributed by atoms with E-state index in [1.807, 2.05) is 4.90 Å². The molecule has 0 saturated carbocycles. The molecule has 3 saturated heterocycles. The molecule has 26 heavy (non-hydrogen) atoms. The van der Waals surface area contributed by atoms with Gasteiger partial charge in [0.25, 0.3) is 0 Å². The molecule has 3 aliphatic rings. The minimum atomic E-state index is -0.533. The maximum Gasteiger partial charge on any atom is 0.407 e. The third-order valence-electron chi connectivity index (χ3n) is 5.32. The van der Waals surface area contributed by atoms with Crippen molar-refractivity contribution in [2.24, 2.45) is 0 Å². The first-order valence-electron chi connectivity index (χ1n) is 9.13. The monoisotopic (exact) mass is 360 g/mol. The van der Waals surface area contributed by atoms with Crippen molar-refractivity contribution in [1.82, 2.24) is 25.1 Å². The average molecular weight is 360 g/mol. The summed E-state index contributed by atoms with van der Waals surface area (Å²) in [4.78, 5) is 38.8. The molecule has 1 spiro atoms. The number of piperidine rings is 1. The normalized spacial score (nSPS) is 26.7. The number of rotatable bonds is 3. The predicted octanol–water partition coefficient (Wildman–Crippen LogP) is -0.300. The fourth-order valence-electron chi connectivity index (χ4n) is 3.89. The fourth-order valence-corrected chi connectivity index (χ4v) is 3.89. The Morgan fingerprint density at radius 2 is 1.96 bits per heavy atom. The van der Waals surface area contributed by atoms with Gasteiger partial charge in [-0.15, -0.1) is 0 Å². The summed E-state index contributed by atoms with van der Waals surface area (Å²) in [6.45, 7) is 5.34. The minimum absolute atomic E-state index is 0.108. The number of aromatic nitrogens is 2. The Kier molecular flexibility index (Phi) is 4.62. The highest BCUT2D eigenvalue weighted by atomic mass is 16.6. The number of amides is 2. The van der Waals surface area contributed by atoms with Crippen molar-refractivity contribution in [2.45, 2.75) is 18.4 Å². The van der Waals surface area contributed by atoms with Gasteiger partial charge < -0.3 is 19.9 Å². The van der Waals surface area contributed by atoms with Crippen molar-refractivity contribution in [2.75, 3.05) is 57.3 Å². The summed E-state index contributed by atoms with van der Waals surface area (Å²) in [5.41, 5.74) is -0.533. The summed E-state index contributed by atoms with van der Waals surface area (Å²) in [5.74, 6) is 0.850. The molecule has 0 aromatic carbocycles.